The van der Waals surface area contributed by atoms with Crippen molar-refractivity contribution in [3.05, 3.63) is 112 Å². The van der Waals surface area contributed by atoms with Crippen molar-refractivity contribution < 1.29 is 9.18 Å². The number of hydrogen-bond donors (Lipinski definition) is 1. The maximum atomic E-state index is 13.6. The number of fused-ring (bicyclic) bond motifs is 3. The van der Waals surface area contributed by atoms with Gasteiger partial charge in [-0.2, -0.15) is 0 Å². The van der Waals surface area contributed by atoms with Crippen molar-refractivity contribution in [1.29, 1.82) is 0 Å². The normalized spacial score (nSPS) is 18.0. The number of nitrogens with one attached hydrogen (secondary N) is 1. The highest BCUT2D eigenvalue weighted by Gasteiger charge is 2.37. The fraction of sp³-hybridized carbons (Fsp3) is 0.303. The van der Waals surface area contributed by atoms with Crippen LogP contribution in [0.1, 0.15) is 40.1 Å². The van der Waals surface area contributed by atoms with Crippen LogP contribution in [0, 0.1) is 19.7 Å². The summed E-state index contributed by atoms with van der Waals surface area (Å²) in [6.45, 7) is 5.93. The largest absolute Gasteiger partial charge is 0.354 e. The van der Waals surface area contributed by atoms with Crippen LogP contribution in [0.15, 0.2) is 78.0 Å². The lowest BCUT2D eigenvalue weighted by atomic mass is 10.0. The van der Waals surface area contributed by atoms with Gasteiger partial charge in [-0.25, -0.2) is 14.4 Å². The van der Waals surface area contributed by atoms with Crippen LogP contribution >= 0.6 is 11.8 Å². The van der Waals surface area contributed by atoms with Crippen molar-refractivity contribution in [3.63, 3.8) is 0 Å². The molecule has 7 heteroatoms. The van der Waals surface area contributed by atoms with E-state index in [1.807, 2.05) is 26.0 Å². The lowest BCUT2D eigenvalue weighted by molar-refractivity contribution is -0.125. The highest BCUT2D eigenvalue weighted by atomic mass is 32.2. The van der Waals surface area contributed by atoms with Crippen LogP contribution in [0.3, 0.4) is 0 Å². The predicted octanol–water partition coefficient (Wildman–Crippen LogP) is 5.90. The van der Waals surface area contributed by atoms with E-state index < -0.39 is 0 Å². The molecule has 2 aliphatic rings. The lowest BCUT2D eigenvalue weighted by Crippen LogP contribution is -2.43. The highest BCUT2D eigenvalue weighted by molar-refractivity contribution is 7.99. The first kappa shape index (κ1) is 26.7. The first-order valence-corrected chi connectivity index (χ1v) is 14.7. The second-order valence-corrected chi connectivity index (χ2v) is 12.1. The summed E-state index contributed by atoms with van der Waals surface area (Å²) in [5, 5.41) is 4.10. The number of likely N-dealkylation sites (tertiary alicyclic amines) is 1. The summed E-state index contributed by atoms with van der Waals surface area (Å²) in [5.41, 5.74) is 9.37. The van der Waals surface area contributed by atoms with Crippen molar-refractivity contribution in [1.82, 2.24) is 20.2 Å². The van der Waals surface area contributed by atoms with Gasteiger partial charge in [-0.3, -0.25) is 9.69 Å². The molecular formula is C33H33FN4OS. The minimum absolute atomic E-state index is 0.0226. The van der Waals surface area contributed by atoms with Crippen LogP contribution in [0.2, 0.25) is 0 Å². The van der Waals surface area contributed by atoms with Crippen molar-refractivity contribution in [3.8, 4) is 11.1 Å². The molecular weight excluding hydrogens is 519 g/mol. The van der Waals surface area contributed by atoms with Gasteiger partial charge in [0.15, 0.2) is 5.16 Å². The average molecular weight is 553 g/mol. The number of hydrogen-bond acceptors (Lipinski definition) is 5. The van der Waals surface area contributed by atoms with Gasteiger partial charge in [0.2, 0.25) is 5.91 Å². The van der Waals surface area contributed by atoms with Gasteiger partial charge in [0, 0.05) is 36.3 Å². The number of benzene rings is 3. The molecule has 1 N–H and O–H groups in total. The van der Waals surface area contributed by atoms with Crippen molar-refractivity contribution in [2.75, 3.05) is 13.1 Å². The second-order valence-electron chi connectivity index (χ2n) is 10.9. The molecule has 1 aliphatic carbocycles. The van der Waals surface area contributed by atoms with Gasteiger partial charge < -0.3 is 5.32 Å². The van der Waals surface area contributed by atoms with E-state index in [1.165, 1.54) is 39.9 Å². The van der Waals surface area contributed by atoms with Crippen LogP contribution in [-0.2, 0) is 24.2 Å². The van der Waals surface area contributed by atoms with Crippen LogP contribution in [0.25, 0.3) is 11.1 Å². The zero-order chi connectivity index (χ0) is 27.6. The molecule has 1 aliphatic heterocycles. The van der Waals surface area contributed by atoms with E-state index in [1.54, 1.807) is 17.8 Å². The Hall–Kier alpha value is -3.55. The number of amides is 1. The first-order valence-electron chi connectivity index (χ1n) is 13.9. The van der Waals surface area contributed by atoms with E-state index in [0.29, 0.717) is 19.5 Å². The van der Waals surface area contributed by atoms with Crippen molar-refractivity contribution >= 4 is 17.7 Å². The second kappa shape index (κ2) is 11.5. The van der Waals surface area contributed by atoms with Gasteiger partial charge >= 0.3 is 0 Å². The molecule has 0 saturated carbocycles. The molecule has 0 bridgehead atoms. The van der Waals surface area contributed by atoms with E-state index in [9.17, 15) is 9.18 Å². The topological polar surface area (TPSA) is 58.1 Å². The number of carbonyl (C=O) groups excluding carboxylic acids is 1. The molecule has 2 heterocycles. The molecule has 40 heavy (non-hydrogen) atoms. The third-order valence-corrected chi connectivity index (χ3v) is 8.82. The Bertz CT molecular complexity index is 1540. The van der Waals surface area contributed by atoms with Crippen LogP contribution in [-0.4, -0.2) is 45.2 Å². The van der Waals surface area contributed by atoms with E-state index in [4.69, 9.17) is 0 Å². The monoisotopic (exact) mass is 552 g/mol. The molecule has 1 aromatic heterocycles. The first-order chi connectivity index (χ1) is 19.4. The maximum Gasteiger partial charge on any atom is 0.237 e. The Labute approximate surface area is 239 Å². The maximum absolute atomic E-state index is 13.6. The van der Waals surface area contributed by atoms with E-state index >= 15 is 0 Å². The van der Waals surface area contributed by atoms with Crippen molar-refractivity contribution in [2.45, 2.75) is 56.1 Å². The zero-order valence-corrected chi connectivity index (χ0v) is 23.7. The molecule has 5 nitrogen and oxygen atoms in total. The number of aryl methyl sites for hydroxylation is 2. The van der Waals surface area contributed by atoms with Gasteiger partial charge in [-0.15, -0.1) is 0 Å². The molecule has 4 aromatic rings. The molecule has 1 saturated heterocycles. The number of nitrogens with zero attached hydrogens (tertiary/aromatic N) is 3. The standard InChI is InChI=1S/C33H33FN4OS/c1-21-14-22(2)37-33(36-21)40-28-18-31(32(39)35-13-12-23-6-5-8-27(34)16-23)38(20-28)19-24-10-11-30-26(15-24)17-25-7-3-4-9-29(25)30/h3-11,14-16,28,31H,12-13,17-20H2,1-2H3,(H,35,39)/t28-,31-/m0/s1. The molecule has 6 rings (SSSR count). The van der Waals surface area contributed by atoms with E-state index in [2.05, 4.69) is 62.6 Å². The molecule has 1 amide bonds. The minimum atomic E-state index is -0.253. The SMILES string of the molecule is Cc1cc(C)nc(S[C@H]2C[C@@H](C(=O)NCCc3cccc(F)c3)N(Cc3ccc4c(c3)Cc3ccccc3-4)C2)n1. The van der Waals surface area contributed by atoms with Gasteiger partial charge in [0.25, 0.3) is 0 Å². The van der Waals surface area contributed by atoms with E-state index in [-0.39, 0.29) is 23.0 Å². The Morgan fingerprint density at radius 1 is 0.950 bits per heavy atom. The summed E-state index contributed by atoms with van der Waals surface area (Å²) in [4.78, 5) is 25.0. The Balaban J connectivity index is 1.17. The third kappa shape index (κ3) is 5.96. The van der Waals surface area contributed by atoms with Gasteiger partial charge in [-0.05, 0) is 84.7 Å². The number of halogens is 1. The quantitative estimate of drug-likeness (QED) is 0.243. The Morgan fingerprint density at radius 3 is 2.58 bits per heavy atom. The molecule has 0 spiro atoms. The van der Waals surface area contributed by atoms with Crippen LogP contribution < -0.4 is 5.32 Å². The molecule has 0 unspecified atom stereocenters. The third-order valence-electron chi connectivity index (χ3n) is 7.75. The highest BCUT2D eigenvalue weighted by Crippen LogP contribution is 2.38. The summed E-state index contributed by atoms with van der Waals surface area (Å²) in [5.74, 6) is -0.230. The average Bonchev–Trinajstić information content (AvgIpc) is 3.48. The summed E-state index contributed by atoms with van der Waals surface area (Å²) >= 11 is 1.66. The lowest BCUT2D eigenvalue weighted by Gasteiger charge is -2.24. The minimum Gasteiger partial charge on any atom is -0.354 e. The molecule has 2 atom stereocenters. The number of thioether (sulfide) groups is 1. The zero-order valence-electron chi connectivity index (χ0n) is 22.9. The van der Waals surface area contributed by atoms with Crippen molar-refractivity contribution in [2.24, 2.45) is 0 Å². The smallest absolute Gasteiger partial charge is 0.237 e. The molecule has 0 radical (unpaired) electrons. The predicted molar refractivity (Wildman–Crippen MR) is 158 cm³/mol. The fourth-order valence-electron chi connectivity index (χ4n) is 5.96. The molecule has 1 fully saturated rings. The van der Waals surface area contributed by atoms with Gasteiger partial charge in [0.05, 0.1) is 6.04 Å². The summed E-state index contributed by atoms with van der Waals surface area (Å²) in [6, 6.07) is 23.6. The Kier molecular flexibility index (Phi) is 7.67. The van der Waals surface area contributed by atoms with E-state index in [0.717, 1.165) is 41.5 Å². The fourth-order valence-corrected chi connectivity index (χ4v) is 7.20. The van der Waals surface area contributed by atoms with Gasteiger partial charge in [-0.1, -0.05) is 66.4 Å². The molecule has 204 valence electrons. The summed E-state index contributed by atoms with van der Waals surface area (Å²) < 4.78 is 13.6. The van der Waals surface area contributed by atoms with Crippen LogP contribution in [0.5, 0.6) is 0 Å². The Morgan fingerprint density at radius 2 is 1.75 bits per heavy atom. The number of aromatic nitrogens is 2. The summed E-state index contributed by atoms with van der Waals surface area (Å²) in [6.07, 6.45) is 2.27. The molecule has 3 aromatic carbocycles. The van der Waals surface area contributed by atoms with Gasteiger partial charge in [0.1, 0.15) is 5.82 Å². The summed E-state index contributed by atoms with van der Waals surface area (Å²) in [7, 11) is 0. The van der Waals surface area contributed by atoms with Crippen LogP contribution in [0.4, 0.5) is 4.39 Å². The number of rotatable bonds is 8. The number of carbonyl (C=O) groups is 1.